The van der Waals surface area contributed by atoms with Crippen molar-refractivity contribution in [2.75, 3.05) is 4.90 Å². The highest BCUT2D eigenvalue weighted by Crippen LogP contribution is 2.46. The normalized spacial score (nSPS) is 11.7. The molecule has 0 amide bonds. The minimum Gasteiger partial charge on any atom is -0.309 e. The van der Waals surface area contributed by atoms with E-state index >= 15 is 0 Å². The number of hydrogen-bond acceptors (Lipinski definition) is 2. The Balaban J connectivity index is 1.08. The van der Waals surface area contributed by atoms with Crippen molar-refractivity contribution in [2.45, 2.75) is 0 Å². The molecule has 11 rings (SSSR count). The first-order valence-electron chi connectivity index (χ1n) is 18.5. The molecule has 0 fully saturated rings. The molecule has 0 N–H and O–H groups in total. The quantitative estimate of drug-likeness (QED) is 0.161. The molecule has 0 aliphatic carbocycles. The number of rotatable bonds is 5. The van der Waals surface area contributed by atoms with E-state index in [0.29, 0.717) is 0 Å². The van der Waals surface area contributed by atoms with Crippen LogP contribution >= 0.6 is 11.3 Å². The van der Waals surface area contributed by atoms with Gasteiger partial charge in [0.1, 0.15) is 0 Å². The van der Waals surface area contributed by atoms with Gasteiger partial charge in [0.2, 0.25) is 0 Å². The van der Waals surface area contributed by atoms with Crippen LogP contribution in [0, 0.1) is 0 Å². The van der Waals surface area contributed by atoms with E-state index in [0.717, 1.165) is 17.1 Å². The fourth-order valence-corrected chi connectivity index (χ4v) is 9.64. The zero-order valence-corrected chi connectivity index (χ0v) is 30.2. The molecule has 0 spiro atoms. The summed E-state index contributed by atoms with van der Waals surface area (Å²) < 4.78 is 2.64. The summed E-state index contributed by atoms with van der Waals surface area (Å²) in [5.41, 5.74) is 8.20. The van der Waals surface area contributed by atoms with E-state index in [1.807, 2.05) is 11.3 Å². The molecule has 11 aromatic rings. The van der Waals surface area contributed by atoms with Crippen molar-refractivity contribution in [1.29, 1.82) is 0 Å². The lowest BCUT2D eigenvalue weighted by atomic mass is 9.94. The molecule has 54 heavy (non-hydrogen) atoms. The standard InChI is InChI=1S/C52H33NS/c1-2-11-35(12-3-1)41-14-6-8-18-47(41)53(48-19-10-17-45-44(48)31-32-50-52(45)46-16-7-9-20-49(46)54-50)40-28-25-34(26-29-40)38-27-30-43-39(33-38)24-23-37-22-21-36-13-4-5-15-42(36)51(37)43/h1-33H. The summed E-state index contributed by atoms with van der Waals surface area (Å²) in [6.45, 7) is 0. The van der Waals surface area contributed by atoms with Crippen LogP contribution in [0.1, 0.15) is 0 Å². The minimum absolute atomic E-state index is 1.11. The average molecular weight is 704 g/mol. The van der Waals surface area contributed by atoms with Crippen LogP contribution in [-0.4, -0.2) is 0 Å². The zero-order chi connectivity index (χ0) is 35.6. The summed E-state index contributed by atoms with van der Waals surface area (Å²) in [5, 5.41) is 12.9. The molecule has 0 unspecified atom stereocenters. The van der Waals surface area contributed by atoms with Gasteiger partial charge in [-0.05, 0) is 96.9 Å². The van der Waals surface area contributed by atoms with Crippen LogP contribution in [0.2, 0.25) is 0 Å². The maximum absolute atomic E-state index is 2.45. The van der Waals surface area contributed by atoms with E-state index < -0.39 is 0 Å². The zero-order valence-electron chi connectivity index (χ0n) is 29.4. The van der Waals surface area contributed by atoms with Crippen LogP contribution in [0.5, 0.6) is 0 Å². The average Bonchev–Trinajstić information content (AvgIpc) is 3.63. The van der Waals surface area contributed by atoms with Gasteiger partial charge in [0.05, 0.1) is 11.4 Å². The van der Waals surface area contributed by atoms with Gasteiger partial charge >= 0.3 is 0 Å². The lowest BCUT2D eigenvalue weighted by Crippen LogP contribution is -2.11. The first-order chi connectivity index (χ1) is 26.8. The van der Waals surface area contributed by atoms with Gasteiger partial charge in [-0.3, -0.25) is 0 Å². The maximum atomic E-state index is 2.45. The highest BCUT2D eigenvalue weighted by molar-refractivity contribution is 7.26. The van der Waals surface area contributed by atoms with Gasteiger partial charge < -0.3 is 4.90 Å². The highest BCUT2D eigenvalue weighted by Gasteiger charge is 2.20. The molecule has 0 atom stereocenters. The van der Waals surface area contributed by atoms with E-state index in [2.05, 4.69) is 205 Å². The van der Waals surface area contributed by atoms with Gasteiger partial charge in [0.25, 0.3) is 0 Å². The Morgan fingerprint density at radius 1 is 0.315 bits per heavy atom. The molecule has 0 saturated heterocycles. The predicted molar refractivity (Wildman–Crippen MR) is 235 cm³/mol. The molecule has 0 radical (unpaired) electrons. The summed E-state index contributed by atoms with van der Waals surface area (Å²) in [6.07, 6.45) is 0. The smallest absolute Gasteiger partial charge is 0.0540 e. The molecule has 1 nitrogen and oxygen atoms in total. The summed E-state index contributed by atoms with van der Waals surface area (Å²) in [4.78, 5) is 2.45. The van der Waals surface area contributed by atoms with E-state index in [-0.39, 0.29) is 0 Å². The molecule has 0 bridgehead atoms. The van der Waals surface area contributed by atoms with Crippen molar-refractivity contribution >= 4 is 91.7 Å². The molecule has 0 aliphatic rings. The monoisotopic (exact) mass is 703 g/mol. The van der Waals surface area contributed by atoms with E-state index in [1.54, 1.807) is 0 Å². The van der Waals surface area contributed by atoms with E-state index in [1.165, 1.54) is 85.5 Å². The molecule has 1 heterocycles. The predicted octanol–water partition coefficient (Wildman–Crippen LogP) is 15.5. The minimum atomic E-state index is 1.11. The molecule has 10 aromatic carbocycles. The van der Waals surface area contributed by atoms with Crippen molar-refractivity contribution in [2.24, 2.45) is 0 Å². The van der Waals surface area contributed by atoms with Crippen molar-refractivity contribution in [3.63, 3.8) is 0 Å². The Labute approximate surface area is 317 Å². The third-order valence-electron chi connectivity index (χ3n) is 11.0. The van der Waals surface area contributed by atoms with Crippen molar-refractivity contribution in [1.82, 2.24) is 0 Å². The number of thiophene rings is 1. The van der Waals surface area contributed by atoms with Gasteiger partial charge in [-0.2, -0.15) is 0 Å². The Hall–Kier alpha value is -6.74. The number of anilines is 3. The van der Waals surface area contributed by atoms with Gasteiger partial charge in [-0.1, -0.05) is 158 Å². The van der Waals surface area contributed by atoms with Crippen LogP contribution in [0.4, 0.5) is 17.1 Å². The number of nitrogens with zero attached hydrogens (tertiary/aromatic N) is 1. The first kappa shape index (κ1) is 30.8. The van der Waals surface area contributed by atoms with Gasteiger partial charge in [-0.25, -0.2) is 0 Å². The molecule has 0 aliphatic heterocycles. The van der Waals surface area contributed by atoms with Crippen LogP contribution in [0.25, 0.3) is 85.5 Å². The van der Waals surface area contributed by atoms with Crippen LogP contribution < -0.4 is 4.90 Å². The summed E-state index contributed by atoms with van der Waals surface area (Å²) >= 11 is 1.87. The molecular weight excluding hydrogens is 671 g/mol. The van der Waals surface area contributed by atoms with Crippen LogP contribution in [0.15, 0.2) is 200 Å². The number of hydrogen-bond donors (Lipinski definition) is 0. The fourth-order valence-electron chi connectivity index (χ4n) is 8.52. The van der Waals surface area contributed by atoms with Crippen molar-refractivity contribution in [3.05, 3.63) is 200 Å². The Kier molecular flexibility index (Phi) is 7.11. The molecular formula is C52H33NS. The number of benzene rings is 10. The van der Waals surface area contributed by atoms with E-state index in [4.69, 9.17) is 0 Å². The lowest BCUT2D eigenvalue weighted by Gasteiger charge is -2.29. The van der Waals surface area contributed by atoms with Crippen LogP contribution in [-0.2, 0) is 0 Å². The lowest BCUT2D eigenvalue weighted by molar-refractivity contribution is 1.30. The Bertz CT molecular complexity index is 3210. The molecule has 252 valence electrons. The summed E-state index contributed by atoms with van der Waals surface area (Å²) in [5.74, 6) is 0. The van der Waals surface area contributed by atoms with Crippen molar-refractivity contribution in [3.8, 4) is 22.3 Å². The SMILES string of the molecule is c1ccc(-c2ccccc2N(c2ccc(-c3ccc4c(ccc5ccc6ccccc6c54)c3)cc2)c2cccc3c2ccc2sc4ccccc4c23)cc1. The first-order valence-corrected chi connectivity index (χ1v) is 19.3. The Morgan fingerprint density at radius 3 is 1.85 bits per heavy atom. The third kappa shape index (κ3) is 4.92. The van der Waals surface area contributed by atoms with Gasteiger partial charge in [0.15, 0.2) is 0 Å². The second kappa shape index (κ2) is 12.4. The Morgan fingerprint density at radius 2 is 0.963 bits per heavy atom. The van der Waals surface area contributed by atoms with Crippen LogP contribution in [0.3, 0.4) is 0 Å². The third-order valence-corrected chi connectivity index (χ3v) is 12.2. The maximum Gasteiger partial charge on any atom is 0.0540 e. The topological polar surface area (TPSA) is 3.24 Å². The van der Waals surface area contributed by atoms with Gasteiger partial charge in [-0.15, -0.1) is 11.3 Å². The van der Waals surface area contributed by atoms with Gasteiger partial charge in [0, 0.05) is 36.8 Å². The molecule has 1 aromatic heterocycles. The molecule has 0 saturated carbocycles. The summed E-state index contributed by atoms with van der Waals surface area (Å²) in [7, 11) is 0. The largest absolute Gasteiger partial charge is 0.309 e. The number of fused-ring (bicyclic) bond motifs is 10. The fraction of sp³-hybridized carbons (Fsp3) is 0. The van der Waals surface area contributed by atoms with E-state index in [9.17, 15) is 0 Å². The second-order valence-electron chi connectivity index (χ2n) is 14.1. The second-order valence-corrected chi connectivity index (χ2v) is 15.1. The highest BCUT2D eigenvalue weighted by atomic mass is 32.1. The summed E-state index contributed by atoms with van der Waals surface area (Å²) in [6, 6.07) is 73.5. The van der Waals surface area contributed by atoms with Crippen molar-refractivity contribution < 1.29 is 0 Å². The molecule has 2 heteroatoms. The number of para-hydroxylation sites is 1.